The summed E-state index contributed by atoms with van der Waals surface area (Å²) >= 11 is 3.41. The molecule has 2 aromatic rings. The van der Waals surface area contributed by atoms with Crippen LogP contribution in [0, 0.1) is 5.92 Å². The molecule has 2 aromatic carbocycles. The number of para-hydroxylation sites is 2. The highest BCUT2D eigenvalue weighted by Gasteiger charge is 2.24. The number of amides is 3. The van der Waals surface area contributed by atoms with Gasteiger partial charge in [0.2, 0.25) is 0 Å². The number of piperidine rings is 1. The third kappa shape index (κ3) is 5.44. The number of likely N-dealkylation sites (tertiary alicyclic amines) is 1. The zero-order chi connectivity index (χ0) is 21.5. The van der Waals surface area contributed by atoms with Crippen molar-refractivity contribution in [3.63, 3.8) is 0 Å². The zero-order valence-corrected chi connectivity index (χ0v) is 18.7. The number of nitrogens with zero attached hydrogens (tertiary/aromatic N) is 1. The smallest absolute Gasteiger partial charge is 0.321 e. The van der Waals surface area contributed by atoms with Gasteiger partial charge in [-0.1, -0.05) is 12.1 Å². The molecule has 3 amide bonds. The Balaban J connectivity index is 1.47. The van der Waals surface area contributed by atoms with E-state index in [-0.39, 0.29) is 11.9 Å². The molecule has 0 spiro atoms. The Morgan fingerprint density at radius 2 is 1.83 bits per heavy atom. The first-order chi connectivity index (χ1) is 14.5. The number of methoxy groups -OCH3 is 2. The van der Waals surface area contributed by atoms with Gasteiger partial charge >= 0.3 is 6.03 Å². The Morgan fingerprint density at radius 3 is 2.53 bits per heavy atom. The number of halogens is 1. The number of hydrogen-bond donors (Lipinski definition) is 2. The van der Waals surface area contributed by atoms with Crippen molar-refractivity contribution in [1.82, 2.24) is 10.2 Å². The van der Waals surface area contributed by atoms with Gasteiger partial charge in [-0.2, -0.15) is 0 Å². The van der Waals surface area contributed by atoms with Crippen molar-refractivity contribution in [3.8, 4) is 11.5 Å². The third-order valence-corrected chi connectivity index (χ3v) is 5.91. The minimum absolute atomic E-state index is 0.137. The molecular weight excluding hydrogens is 450 g/mol. The minimum atomic E-state index is -0.142. The van der Waals surface area contributed by atoms with Gasteiger partial charge in [0, 0.05) is 24.1 Å². The second kappa shape index (κ2) is 10.3. The van der Waals surface area contributed by atoms with E-state index in [2.05, 4.69) is 26.6 Å². The number of carbonyl (C=O) groups excluding carboxylic acids is 2. The summed E-state index contributed by atoms with van der Waals surface area (Å²) < 4.78 is 11.2. The number of rotatable bonds is 6. The largest absolute Gasteiger partial charge is 0.497 e. The fourth-order valence-electron chi connectivity index (χ4n) is 3.42. The Kier molecular flexibility index (Phi) is 7.57. The highest BCUT2D eigenvalue weighted by atomic mass is 79.9. The van der Waals surface area contributed by atoms with E-state index in [0.717, 1.165) is 17.3 Å². The van der Waals surface area contributed by atoms with Gasteiger partial charge in [0.1, 0.15) is 11.5 Å². The molecule has 1 aliphatic heterocycles. The molecule has 160 valence electrons. The summed E-state index contributed by atoms with van der Waals surface area (Å²) in [6.45, 7) is 1.86. The highest BCUT2D eigenvalue weighted by molar-refractivity contribution is 9.10. The number of carbonyl (C=O) groups is 2. The molecule has 0 radical (unpaired) electrons. The van der Waals surface area contributed by atoms with E-state index >= 15 is 0 Å². The van der Waals surface area contributed by atoms with E-state index < -0.39 is 0 Å². The van der Waals surface area contributed by atoms with E-state index in [4.69, 9.17) is 9.47 Å². The van der Waals surface area contributed by atoms with Gasteiger partial charge in [0.25, 0.3) is 5.91 Å². The van der Waals surface area contributed by atoms with Crippen LogP contribution >= 0.6 is 15.9 Å². The van der Waals surface area contributed by atoms with Gasteiger partial charge in [-0.3, -0.25) is 4.79 Å². The van der Waals surface area contributed by atoms with Crippen molar-refractivity contribution in [3.05, 3.63) is 52.5 Å². The van der Waals surface area contributed by atoms with Crippen LogP contribution in [0.3, 0.4) is 0 Å². The second-order valence-electron chi connectivity index (χ2n) is 7.12. The van der Waals surface area contributed by atoms with Gasteiger partial charge in [-0.05, 0) is 65.0 Å². The summed E-state index contributed by atoms with van der Waals surface area (Å²) in [7, 11) is 3.15. The maximum atomic E-state index is 12.6. The quantitative estimate of drug-likeness (QED) is 0.657. The average molecular weight is 476 g/mol. The van der Waals surface area contributed by atoms with Crippen LogP contribution in [-0.4, -0.2) is 50.7 Å². The lowest BCUT2D eigenvalue weighted by molar-refractivity contribution is 0.0937. The number of hydrogen-bond acceptors (Lipinski definition) is 4. The highest BCUT2D eigenvalue weighted by Crippen LogP contribution is 2.25. The van der Waals surface area contributed by atoms with E-state index in [9.17, 15) is 9.59 Å². The predicted molar refractivity (Wildman–Crippen MR) is 119 cm³/mol. The SMILES string of the molecule is COc1ccc(Br)c(C(=O)NCC2CCN(C(=O)Nc3ccccc3OC)CC2)c1. The van der Waals surface area contributed by atoms with Crippen molar-refractivity contribution in [2.24, 2.45) is 5.92 Å². The summed E-state index contributed by atoms with van der Waals surface area (Å²) in [4.78, 5) is 26.9. The molecule has 3 rings (SSSR count). The lowest BCUT2D eigenvalue weighted by Gasteiger charge is -2.32. The Bertz CT molecular complexity index is 898. The Labute approximate surface area is 184 Å². The molecule has 1 heterocycles. The molecule has 1 fully saturated rings. The van der Waals surface area contributed by atoms with Crippen LogP contribution in [0.1, 0.15) is 23.2 Å². The normalized spacial score (nSPS) is 14.2. The lowest BCUT2D eigenvalue weighted by atomic mass is 9.97. The molecule has 7 nitrogen and oxygen atoms in total. The first-order valence-corrected chi connectivity index (χ1v) is 10.6. The molecule has 8 heteroatoms. The molecule has 0 bridgehead atoms. The summed E-state index contributed by atoms with van der Waals surface area (Å²) in [5.41, 5.74) is 1.20. The van der Waals surface area contributed by atoms with Crippen LogP contribution < -0.4 is 20.1 Å². The van der Waals surface area contributed by atoms with Crippen molar-refractivity contribution in [2.75, 3.05) is 39.2 Å². The lowest BCUT2D eigenvalue weighted by Crippen LogP contribution is -2.43. The number of benzene rings is 2. The summed E-state index contributed by atoms with van der Waals surface area (Å²) in [6, 6.07) is 12.5. The van der Waals surface area contributed by atoms with E-state index in [1.165, 1.54) is 0 Å². The average Bonchev–Trinajstić information content (AvgIpc) is 2.78. The molecule has 30 heavy (non-hydrogen) atoms. The number of ether oxygens (including phenoxy) is 2. The maximum absolute atomic E-state index is 12.6. The fraction of sp³-hybridized carbons (Fsp3) is 0.364. The van der Waals surface area contributed by atoms with Crippen LogP contribution in [0.25, 0.3) is 0 Å². The second-order valence-corrected chi connectivity index (χ2v) is 7.97. The maximum Gasteiger partial charge on any atom is 0.321 e. The summed E-state index contributed by atoms with van der Waals surface area (Å²) in [6.07, 6.45) is 1.66. The Hall–Kier alpha value is -2.74. The van der Waals surface area contributed by atoms with Crippen LogP contribution in [0.2, 0.25) is 0 Å². The van der Waals surface area contributed by atoms with Gasteiger partial charge in [0.15, 0.2) is 0 Å². The fourth-order valence-corrected chi connectivity index (χ4v) is 3.85. The molecule has 2 N–H and O–H groups in total. The van der Waals surface area contributed by atoms with Crippen molar-refractivity contribution >= 4 is 33.6 Å². The topological polar surface area (TPSA) is 79.9 Å². The summed E-state index contributed by atoms with van der Waals surface area (Å²) in [5.74, 6) is 1.45. The first-order valence-electron chi connectivity index (χ1n) is 9.82. The monoisotopic (exact) mass is 475 g/mol. The molecular formula is C22H26BrN3O4. The van der Waals surface area contributed by atoms with Crippen LogP contribution in [0.5, 0.6) is 11.5 Å². The summed E-state index contributed by atoms with van der Waals surface area (Å²) in [5, 5.41) is 5.91. The van der Waals surface area contributed by atoms with Crippen molar-refractivity contribution in [2.45, 2.75) is 12.8 Å². The Morgan fingerprint density at radius 1 is 1.10 bits per heavy atom. The predicted octanol–water partition coefficient (Wildman–Crippen LogP) is 4.14. The van der Waals surface area contributed by atoms with E-state index in [0.29, 0.717) is 48.3 Å². The molecule has 0 aliphatic carbocycles. The molecule has 1 aliphatic rings. The first kappa shape index (κ1) is 22.0. The number of urea groups is 1. The third-order valence-electron chi connectivity index (χ3n) is 5.22. The van der Waals surface area contributed by atoms with Crippen LogP contribution in [-0.2, 0) is 0 Å². The van der Waals surface area contributed by atoms with Gasteiger partial charge < -0.3 is 25.0 Å². The molecule has 0 saturated carbocycles. The minimum Gasteiger partial charge on any atom is -0.497 e. The standard InChI is InChI=1S/C22H26BrN3O4/c1-29-16-7-8-18(23)17(13-16)21(27)24-14-15-9-11-26(12-10-15)22(28)25-19-5-3-4-6-20(19)30-2/h3-8,13,15H,9-12,14H2,1-2H3,(H,24,27)(H,25,28). The van der Waals surface area contributed by atoms with Gasteiger partial charge in [0.05, 0.1) is 25.5 Å². The molecule has 0 aromatic heterocycles. The van der Waals surface area contributed by atoms with Crippen LogP contribution in [0.15, 0.2) is 46.9 Å². The zero-order valence-electron chi connectivity index (χ0n) is 17.1. The van der Waals surface area contributed by atoms with Crippen molar-refractivity contribution < 1.29 is 19.1 Å². The van der Waals surface area contributed by atoms with Gasteiger partial charge in [-0.15, -0.1) is 0 Å². The van der Waals surface area contributed by atoms with Crippen LogP contribution in [0.4, 0.5) is 10.5 Å². The molecule has 0 atom stereocenters. The number of nitrogens with one attached hydrogen (secondary N) is 2. The van der Waals surface area contributed by atoms with E-state index in [1.54, 1.807) is 37.3 Å². The molecule has 1 saturated heterocycles. The molecule has 0 unspecified atom stereocenters. The van der Waals surface area contributed by atoms with E-state index in [1.807, 2.05) is 24.3 Å². The van der Waals surface area contributed by atoms with Gasteiger partial charge in [-0.25, -0.2) is 4.79 Å². The van der Waals surface area contributed by atoms with Crippen molar-refractivity contribution in [1.29, 1.82) is 0 Å². The number of anilines is 1.